The molecule has 33 heavy (non-hydrogen) atoms. The minimum absolute atomic E-state index is 0.592. The molecule has 6 rings (SSSR count). The first-order chi connectivity index (χ1) is 16.3. The van der Waals surface area contributed by atoms with E-state index in [-0.39, 0.29) is 0 Å². The van der Waals surface area contributed by atoms with E-state index in [1.54, 1.807) is 0 Å². The number of nitrogens with zero attached hydrogens (tertiary/aromatic N) is 4. The number of hydrogen-bond donors (Lipinski definition) is 0. The Morgan fingerprint density at radius 1 is 0.939 bits per heavy atom. The number of likely N-dealkylation sites (tertiary alicyclic amines) is 1. The van der Waals surface area contributed by atoms with Gasteiger partial charge in [0.15, 0.2) is 11.4 Å². The largest absolute Gasteiger partial charge is 0.493 e. The topological polar surface area (TPSA) is 45.0 Å². The highest BCUT2D eigenvalue weighted by Gasteiger charge is 2.34. The fraction of sp³-hybridized carbons (Fsp3) is 0.519. The first kappa shape index (κ1) is 21.0. The Morgan fingerprint density at radius 3 is 2.79 bits per heavy atom. The van der Waals surface area contributed by atoms with Crippen LogP contribution in [0.2, 0.25) is 0 Å². The van der Waals surface area contributed by atoms with Crippen LogP contribution >= 0.6 is 0 Å². The van der Waals surface area contributed by atoms with Gasteiger partial charge in [-0.15, -0.1) is 0 Å². The fourth-order valence-electron chi connectivity index (χ4n) is 5.83. The zero-order valence-electron chi connectivity index (χ0n) is 19.4. The van der Waals surface area contributed by atoms with Crippen LogP contribution in [-0.2, 0) is 6.54 Å². The number of piperidine rings is 1. The van der Waals surface area contributed by atoms with Crippen LogP contribution < -0.4 is 9.64 Å². The van der Waals surface area contributed by atoms with Crippen molar-refractivity contribution in [2.45, 2.75) is 38.3 Å². The normalized spacial score (nSPS) is 24.3. The lowest BCUT2D eigenvalue weighted by Gasteiger charge is -2.46. The molecule has 3 fully saturated rings. The van der Waals surface area contributed by atoms with Gasteiger partial charge in [-0.3, -0.25) is 9.80 Å². The van der Waals surface area contributed by atoms with Gasteiger partial charge in [-0.2, -0.15) is 0 Å². The summed E-state index contributed by atoms with van der Waals surface area (Å²) in [6, 6.07) is 17.5. The Labute approximate surface area is 196 Å². The van der Waals surface area contributed by atoms with E-state index in [9.17, 15) is 0 Å². The molecule has 0 N–H and O–H groups in total. The van der Waals surface area contributed by atoms with Crippen LogP contribution in [0.3, 0.4) is 0 Å². The van der Waals surface area contributed by atoms with Gasteiger partial charge < -0.3 is 14.2 Å². The summed E-state index contributed by atoms with van der Waals surface area (Å²) in [6.45, 7) is 8.56. The van der Waals surface area contributed by atoms with Gasteiger partial charge in [0.2, 0.25) is 0 Å². The van der Waals surface area contributed by atoms with E-state index >= 15 is 0 Å². The lowest BCUT2D eigenvalue weighted by molar-refractivity contribution is 0.0726. The van der Waals surface area contributed by atoms with Gasteiger partial charge in [0.25, 0.3) is 0 Å². The quantitative estimate of drug-likeness (QED) is 0.559. The summed E-state index contributed by atoms with van der Waals surface area (Å²) in [5, 5.41) is 5.51. The Balaban J connectivity index is 1.02. The molecule has 0 radical (unpaired) electrons. The molecule has 0 amide bonds. The van der Waals surface area contributed by atoms with Crippen molar-refractivity contribution < 1.29 is 9.26 Å². The molecule has 3 aromatic rings. The lowest BCUT2D eigenvalue weighted by Crippen LogP contribution is -2.57. The highest BCUT2D eigenvalue weighted by atomic mass is 16.5. The molecule has 1 aromatic heterocycles. The van der Waals surface area contributed by atoms with Crippen LogP contribution in [0.5, 0.6) is 5.75 Å². The molecule has 0 saturated carbocycles. The number of para-hydroxylation sites is 1. The summed E-state index contributed by atoms with van der Waals surface area (Å²) in [4.78, 5) is 7.62. The van der Waals surface area contributed by atoms with E-state index in [1.165, 1.54) is 44.3 Å². The number of benzene rings is 2. The van der Waals surface area contributed by atoms with E-state index < -0.39 is 0 Å². The molecular formula is C27H34N4O2. The van der Waals surface area contributed by atoms with Crippen LogP contribution in [-0.4, -0.2) is 66.9 Å². The summed E-state index contributed by atoms with van der Waals surface area (Å²) in [6.07, 6.45) is 5.11. The van der Waals surface area contributed by atoms with E-state index in [1.807, 2.05) is 12.1 Å². The molecule has 6 nitrogen and oxygen atoms in total. The molecule has 3 saturated heterocycles. The number of piperazine rings is 1. The molecule has 4 heterocycles. The third-order valence-corrected chi connectivity index (χ3v) is 7.65. The van der Waals surface area contributed by atoms with E-state index in [0.717, 1.165) is 61.9 Å². The second-order valence-electron chi connectivity index (χ2n) is 9.98. The van der Waals surface area contributed by atoms with E-state index in [2.05, 4.69) is 56.3 Å². The van der Waals surface area contributed by atoms with E-state index in [0.29, 0.717) is 12.0 Å². The SMILES string of the molecule is c1cc(CN2CCCC2)cc(OC[C@@H]2CC[C@H]3CN(c4noc5ccccc45)CCN3C2)c1. The smallest absolute Gasteiger partial charge is 0.180 e. The molecule has 0 aliphatic carbocycles. The third-order valence-electron chi connectivity index (χ3n) is 7.65. The van der Waals surface area contributed by atoms with Gasteiger partial charge in [-0.05, 0) is 68.6 Å². The van der Waals surface area contributed by atoms with Crippen molar-refractivity contribution in [2.75, 3.05) is 50.8 Å². The Hall–Kier alpha value is -2.57. The average Bonchev–Trinajstić information content (AvgIpc) is 3.53. The Kier molecular flexibility index (Phi) is 5.95. The van der Waals surface area contributed by atoms with Crippen LogP contribution in [0.15, 0.2) is 53.1 Å². The molecular weight excluding hydrogens is 412 g/mol. The molecule has 0 unspecified atom stereocenters. The summed E-state index contributed by atoms with van der Waals surface area (Å²) >= 11 is 0. The number of anilines is 1. The summed E-state index contributed by atoms with van der Waals surface area (Å²) < 4.78 is 11.8. The first-order valence-corrected chi connectivity index (χ1v) is 12.6. The van der Waals surface area contributed by atoms with Crippen LogP contribution in [0.4, 0.5) is 5.82 Å². The molecule has 2 aromatic carbocycles. The second kappa shape index (κ2) is 9.35. The zero-order chi connectivity index (χ0) is 22.0. The van der Waals surface area contributed by atoms with Crippen molar-refractivity contribution in [3.8, 4) is 5.75 Å². The van der Waals surface area contributed by atoms with Crippen molar-refractivity contribution in [2.24, 2.45) is 5.92 Å². The Bertz CT molecular complexity index is 1080. The van der Waals surface area contributed by atoms with Crippen molar-refractivity contribution >= 4 is 16.8 Å². The second-order valence-corrected chi connectivity index (χ2v) is 9.98. The summed E-state index contributed by atoms with van der Waals surface area (Å²) in [5.41, 5.74) is 2.25. The predicted octanol–water partition coefficient (Wildman–Crippen LogP) is 4.40. The van der Waals surface area contributed by atoms with Crippen LogP contribution in [0, 0.1) is 5.92 Å². The van der Waals surface area contributed by atoms with Crippen LogP contribution in [0.25, 0.3) is 11.0 Å². The lowest BCUT2D eigenvalue weighted by atomic mass is 9.91. The van der Waals surface area contributed by atoms with Crippen molar-refractivity contribution in [1.82, 2.24) is 15.0 Å². The van der Waals surface area contributed by atoms with Crippen molar-refractivity contribution in [1.29, 1.82) is 0 Å². The number of hydrogen-bond acceptors (Lipinski definition) is 6. The number of rotatable bonds is 6. The first-order valence-electron chi connectivity index (χ1n) is 12.6. The molecule has 3 aliphatic rings. The maximum atomic E-state index is 6.28. The monoisotopic (exact) mass is 446 g/mol. The van der Waals surface area contributed by atoms with Crippen molar-refractivity contribution in [3.63, 3.8) is 0 Å². The predicted molar refractivity (Wildman–Crippen MR) is 131 cm³/mol. The highest BCUT2D eigenvalue weighted by molar-refractivity contribution is 5.88. The average molecular weight is 447 g/mol. The number of ether oxygens (including phenoxy) is 1. The number of fused-ring (bicyclic) bond motifs is 2. The van der Waals surface area contributed by atoms with Gasteiger partial charge in [0.05, 0.1) is 12.0 Å². The molecule has 0 spiro atoms. The molecule has 6 heteroatoms. The van der Waals surface area contributed by atoms with Gasteiger partial charge in [-0.1, -0.05) is 29.4 Å². The fourth-order valence-corrected chi connectivity index (χ4v) is 5.83. The minimum atomic E-state index is 0.592. The van der Waals surface area contributed by atoms with E-state index in [4.69, 9.17) is 9.26 Å². The third kappa shape index (κ3) is 4.59. The highest BCUT2D eigenvalue weighted by Crippen LogP contribution is 2.31. The molecule has 2 atom stereocenters. The maximum Gasteiger partial charge on any atom is 0.180 e. The molecule has 0 bridgehead atoms. The van der Waals surface area contributed by atoms with Gasteiger partial charge in [-0.25, -0.2) is 0 Å². The zero-order valence-corrected chi connectivity index (χ0v) is 19.4. The standard InChI is InChI=1S/C27H34N4O2/c1-2-9-26-25(8-1)27(28-33-26)31-15-14-30-18-22(10-11-23(30)19-31)20-32-24-7-5-6-21(16-24)17-29-12-3-4-13-29/h1-2,5-9,16,22-23H,3-4,10-15,17-20H2/t22-,23+/m1/s1. The van der Waals surface area contributed by atoms with Gasteiger partial charge >= 0.3 is 0 Å². The minimum Gasteiger partial charge on any atom is -0.493 e. The molecule has 3 aliphatic heterocycles. The summed E-state index contributed by atoms with van der Waals surface area (Å²) in [7, 11) is 0. The van der Waals surface area contributed by atoms with Gasteiger partial charge in [0, 0.05) is 44.7 Å². The van der Waals surface area contributed by atoms with Crippen LogP contribution in [0.1, 0.15) is 31.2 Å². The summed E-state index contributed by atoms with van der Waals surface area (Å²) in [5.74, 6) is 2.63. The number of aromatic nitrogens is 1. The van der Waals surface area contributed by atoms with Crippen molar-refractivity contribution in [3.05, 3.63) is 54.1 Å². The Morgan fingerprint density at radius 2 is 1.85 bits per heavy atom. The van der Waals surface area contributed by atoms with Gasteiger partial charge in [0.1, 0.15) is 5.75 Å². The molecule has 174 valence electrons. The maximum absolute atomic E-state index is 6.28.